The van der Waals surface area contributed by atoms with Crippen LogP contribution in [0.25, 0.3) is 5.65 Å². The van der Waals surface area contributed by atoms with Crippen molar-refractivity contribution in [3.8, 4) is 12.1 Å². The molecule has 4 atom stereocenters. The number of nitriles is 2. The molecule has 0 amide bonds. The van der Waals surface area contributed by atoms with Gasteiger partial charge in [-0.2, -0.15) is 15.6 Å². The van der Waals surface area contributed by atoms with Crippen LogP contribution >= 0.6 is 23.5 Å². The van der Waals surface area contributed by atoms with Gasteiger partial charge in [0.05, 0.1) is 12.3 Å². The van der Waals surface area contributed by atoms with Crippen molar-refractivity contribution in [2.24, 2.45) is 0 Å². The molecule has 2 aromatic heterocycles. The van der Waals surface area contributed by atoms with Crippen LogP contribution in [0, 0.1) is 22.7 Å². The predicted octanol–water partition coefficient (Wildman–Crippen LogP) is 4.05. The van der Waals surface area contributed by atoms with Crippen molar-refractivity contribution in [2.45, 2.75) is 60.9 Å². The Kier molecular flexibility index (Phi) is 6.49. The summed E-state index contributed by atoms with van der Waals surface area (Å²) in [6.45, 7) is 3.97. The Morgan fingerprint density at radius 1 is 1.06 bits per heavy atom. The molecular formula is C24H23N5O4S2. The Balaban J connectivity index is 1.65. The molecule has 5 rings (SSSR count). The van der Waals surface area contributed by atoms with E-state index in [2.05, 4.69) is 22.2 Å². The summed E-state index contributed by atoms with van der Waals surface area (Å²) < 4.78 is 26.5. The fourth-order valence-corrected chi connectivity index (χ4v) is 5.47. The van der Waals surface area contributed by atoms with Gasteiger partial charge in [0.2, 0.25) is 0 Å². The summed E-state index contributed by atoms with van der Waals surface area (Å²) in [5, 5.41) is 25.6. The highest BCUT2D eigenvalue weighted by molar-refractivity contribution is 7.98. The summed E-state index contributed by atoms with van der Waals surface area (Å²) in [5.41, 5.74) is 2.51. The van der Waals surface area contributed by atoms with Crippen LogP contribution in [0.2, 0.25) is 0 Å². The first-order valence-electron chi connectivity index (χ1n) is 10.9. The molecular weight excluding hydrogens is 486 g/mol. The maximum Gasteiger partial charge on any atom is 0.190 e. The minimum Gasteiger partial charge on any atom is -0.367 e. The van der Waals surface area contributed by atoms with Gasteiger partial charge in [-0.1, -0.05) is 30.3 Å². The summed E-state index contributed by atoms with van der Waals surface area (Å²) in [6.07, 6.45) is 1.14. The normalized spacial score (nSPS) is 24.9. The summed E-state index contributed by atoms with van der Waals surface area (Å²) in [6, 6.07) is 14.3. The van der Waals surface area contributed by atoms with Crippen LogP contribution in [0.3, 0.4) is 0 Å². The smallest absolute Gasteiger partial charge is 0.190 e. The van der Waals surface area contributed by atoms with Crippen molar-refractivity contribution in [1.29, 1.82) is 10.5 Å². The Morgan fingerprint density at radius 2 is 1.77 bits per heavy atom. The second kappa shape index (κ2) is 9.43. The van der Waals surface area contributed by atoms with Gasteiger partial charge in [0.25, 0.3) is 0 Å². The van der Waals surface area contributed by atoms with E-state index in [1.54, 1.807) is 4.52 Å². The fraction of sp³-hybridized carbons (Fsp3) is 0.417. The third-order valence-electron chi connectivity index (χ3n) is 5.89. The zero-order valence-electron chi connectivity index (χ0n) is 19.6. The molecule has 35 heavy (non-hydrogen) atoms. The van der Waals surface area contributed by atoms with Crippen LogP contribution in [0.5, 0.6) is 0 Å². The molecule has 9 nitrogen and oxygen atoms in total. The molecule has 0 bridgehead atoms. The van der Waals surface area contributed by atoms with Crippen LogP contribution in [-0.4, -0.2) is 51.4 Å². The quantitative estimate of drug-likeness (QED) is 0.356. The third-order valence-corrected chi connectivity index (χ3v) is 7.25. The molecule has 0 spiro atoms. The molecule has 0 saturated carbocycles. The van der Waals surface area contributed by atoms with Gasteiger partial charge >= 0.3 is 0 Å². The van der Waals surface area contributed by atoms with Gasteiger partial charge < -0.3 is 18.9 Å². The Bertz CT molecular complexity index is 1350. The van der Waals surface area contributed by atoms with Crippen LogP contribution < -0.4 is 0 Å². The largest absolute Gasteiger partial charge is 0.367 e. The van der Waals surface area contributed by atoms with Crippen molar-refractivity contribution < 1.29 is 18.9 Å². The Morgan fingerprint density at radius 3 is 2.43 bits per heavy atom. The van der Waals surface area contributed by atoms with Gasteiger partial charge in [-0.15, -0.1) is 23.5 Å². The van der Waals surface area contributed by atoms with Crippen molar-refractivity contribution in [1.82, 2.24) is 14.6 Å². The number of hydrogen-bond donors (Lipinski definition) is 0. The maximum absolute atomic E-state index is 10.1. The summed E-state index contributed by atoms with van der Waals surface area (Å²) in [7, 11) is 0. The number of fused-ring (bicyclic) bond motifs is 2. The zero-order chi connectivity index (χ0) is 24.7. The van der Waals surface area contributed by atoms with Crippen LogP contribution in [0.4, 0.5) is 0 Å². The molecule has 0 aliphatic carbocycles. The maximum atomic E-state index is 10.1. The Hall–Kier alpha value is -2.64. The number of thioether (sulfide) groups is 2. The summed E-state index contributed by atoms with van der Waals surface area (Å²) in [4.78, 5) is 4.60. The van der Waals surface area contributed by atoms with E-state index in [0.29, 0.717) is 39.1 Å². The molecule has 2 aliphatic rings. The van der Waals surface area contributed by atoms with Crippen LogP contribution in [0.1, 0.15) is 42.3 Å². The lowest BCUT2D eigenvalue weighted by atomic mass is 10.0. The van der Waals surface area contributed by atoms with Gasteiger partial charge in [-0.3, -0.25) is 0 Å². The van der Waals surface area contributed by atoms with E-state index in [-0.39, 0.29) is 0 Å². The molecule has 1 aromatic carbocycles. The molecule has 3 aromatic rings. The van der Waals surface area contributed by atoms with Gasteiger partial charge in [-0.25, -0.2) is 9.50 Å². The van der Waals surface area contributed by atoms with E-state index in [1.807, 2.05) is 56.7 Å². The monoisotopic (exact) mass is 509 g/mol. The average Bonchev–Trinajstić information content (AvgIpc) is 3.48. The van der Waals surface area contributed by atoms with Crippen LogP contribution in [0.15, 0.2) is 40.4 Å². The highest BCUT2D eigenvalue weighted by atomic mass is 32.2. The van der Waals surface area contributed by atoms with Crippen molar-refractivity contribution in [3.63, 3.8) is 0 Å². The zero-order valence-corrected chi connectivity index (χ0v) is 21.2. The number of rotatable bonds is 6. The first-order valence-corrected chi connectivity index (χ1v) is 13.4. The molecule has 2 aliphatic heterocycles. The fourth-order valence-electron chi connectivity index (χ4n) is 4.43. The lowest BCUT2D eigenvalue weighted by Crippen LogP contribution is -2.34. The van der Waals surface area contributed by atoms with Gasteiger partial charge in [0, 0.05) is 0 Å². The number of hydrogen-bond acceptors (Lipinski definition) is 10. The minimum atomic E-state index is -0.837. The highest BCUT2D eigenvalue weighted by Crippen LogP contribution is 2.46. The number of benzene rings is 1. The van der Waals surface area contributed by atoms with Gasteiger partial charge in [0.15, 0.2) is 17.7 Å². The SMILES string of the molecule is CSc1nc2c(C#N)c(SC)nn2c([C@H]2O[C@@H]3OC(C)(C)O[C@@H]3[C@H]2OCc2ccccc2)c1C#N. The second-order valence-corrected chi connectivity index (χ2v) is 10.1. The van der Waals surface area contributed by atoms with E-state index >= 15 is 0 Å². The molecule has 0 unspecified atom stereocenters. The average molecular weight is 510 g/mol. The first kappa shape index (κ1) is 24.1. The molecule has 4 heterocycles. The van der Waals surface area contributed by atoms with E-state index < -0.39 is 30.4 Å². The highest BCUT2D eigenvalue weighted by Gasteiger charge is 2.57. The second-order valence-electron chi connectivity index (χ2n) is 8.51. The molecule has 2 fully saturated rings. The molecule has 2 saturated heterocycles. The predicted molar refractivity (Wildman–Crippen MR) is 129 cm³/mol. The van der Waals surface area contributed by atoms with Crippen molar-refractivity contribution in [2.75, 3.05) is 12.5 Å². The van der Waals surface area contributed by atoms with Crippen molar-refractivity contribution >= 4 is 29.2 Å². The van der Waals surface area contributed by atoms with Gasteiger partial charge in [0.1, 0.15) is 51.6 Å². The lowest BCUT2D eigenvalue weighted by Gasteiger charge is -2.27. The van der Waals surface area contributed by atoms with E-state index in [1.165, 1.54) is 23.5 Å². The van der Waals surface area contributed by atoms with Gasteiger partial charge in [-0.05, 0) is 31.9 Å². The number of nitrogens with zero attached hydrogens (tertiary/aromatic N) is 5. The van der Waals surface area contributed by atoms with E-state index in [0.717, 1.165) is 5.56 Å². The van der Waals surface area contributed by atoms with Crippen molar-refractivity contribution in [3.05, 3.63) is 52.7 Å². The topological polar surface area (TPSA) is 115 Å². The molecule has 11 heteroatoms. The molecule has 0 radical (unpaired) electrons. The van der Waals surface area contributed by atoms with E-state index in [9.17, 15) is 10.5 Å². The number of ether oxygens (including phenoxy) is 4. The van der Waals surface area contributed by atoms with E-state index in [4.69, 9.17) is 18.9 Å². The lowest BCUT2D eigenvalue weighted by molar-refractivity contribution is -0.221. The Labute approximate surface area is 211 Å². The van der Waals surface area contributed by atoms with Crippen LogP contribution in [-0.2, 0) is 25.6 Å². The summed E-state index contributed by atoms with van der Waals surface area (Å²) >= 11 is 2.67. The number of aromatic nitrogens is 3. The first-order chi connectivity index (χ1) is 16.9. The summed E-state index contributed by atoms with van der Waals surface area (Å²) in [5.74, 6) is -0.837. The third kappa shape index (κ3) is 4.19. The molecule has 0 N–H and O–H groups in total. The minimum absolute atomic E-state index is 0.321. The molecule has 180 valence electrons. The standard InChI is InChI=1S/C24H23N5O4S2/c1-24(2)32-19-18(30-12-13-8-6-5-7-9-13)17(31-23(19)33-24)16-14(10-25)21(34-3)27-20-15(11-26)22(35-4)28-29(16)20/h5-9,17-19,23H,12H2,1-4H3/t17-,18+,19-,23-/m1/s1.